The predicted octanol–water partition coefficient (Wildman–Crippen LogP) is 4.21. The largest absolute Gasteiger partial charge is 0.294 e. The van der Waals surface area contributed by atoms with E-state index in [-0.39, 0.29) is 18.0 Å². The Bertz CT molecular complexity index is 593. The molecule has 2 rings (SSSR count). The summed E-state index contributed by atoms with van der Waals surface area (Å²) in [7, 11) is 0. The molecule has 2 aromatic rings. The van der Waals surface area contributed by atoms with Crippen LogP contribution in [-0.2, 0) is 6.42 Å². The summed E-state index contributed by atoms with van der Waals surface area (Å²) in [5.41, 5.74) is 1.83. The molecule has 0 amide bonds. The Balaban J connectivity index is 2.22. The Morgan fingerprint density at radius 1 is 1.22 bits per heavy atom. The van der Waals surface area contributed by atoms with E-state index in [0.717, 1.165) is 5.56 Å². The van der Waals surface area contributed by atoms with Crippen LogP contribution in [0.5, 0.6) is 0 Å². The minimum atomic E-state index is -0.357. The Morgan fingerprint density at radius 2 is 1.94 bits per heavy atom. The number of carbonyl (C=O) groups is 1. The fraction of sp³-hybridized carbons (Fsp3) is 0.133. The third kappa shape index (κ3) is 2.77. The van der Waals surface area contributed by atoms with Crippen molar-refractivity contribution in [3.8, 4) is 0 Å². The molecule has 0 saturated heterocycles. The molecule has 0 bridgehead atoms. The third-order valence-corrected chi connectivity index (χ3v) is 3.21. The van der Waals surface area contributed by atoms with E-state index in [2.05, 4.69) is 0 Å². The summed E-state index contributed by atoms with van der Waals surface area (Å²) in [6.45, 7) is 1.87. The van der Waals surface area contributed by atoms with E-state index in [0.29, 0.717) is 16.1 Å². The van der Waals surface area contributed by atoms with Gasteiger partial charge in [-0.15, -0.1) is 0 Å². The molecule has 3 heteroatoms. The molecule has 0 spiro atoms. The molecule has 0 unspecified atom stereocenters. The zero-order valence-electron chi connectivity index (χ0n) is 9.91. The Kier molecular flexibility index (Phi) is 3.78. The highest BCUT2D eigenvalue weighted by Gasteiger charge is 2.11. The van der Waals surface area contributed by atoms with Crippen LogP contribution in [0.25, 0.3) is 0 Å². The van der Waals surface area contributed by atoms with E-state index in [9.17, 15) is 9.18 Å². The molecule has 0 radical (unpaired) electrons. The second-order valence-corrected chi connectivity index (χ2v) is 4.56. The number of ketones is 1. The van der Waals surface area contributed by atoms with Crippen molar-refractivity contribution >= 4 is 17.4 Å². The van der Waals surface area contributed by atoms with Crippen molar-refractivity contribution in [1.29, 1.82) is 0 Å². The lowest BCUT2D eigenvalue weighted by molar-refractivity contribution is 0.0992. The molecule has 0 saturated carbocycles. The zero-order chi connectivity index (χ0) is 13.1. The third-order valence-electron chi connectivity index (χ3n) is 2.80. The summed E-state index contributed by atoms with van der Waals surface area (Å²) in [4.78, 5) is 12.0. The van der Waals surface area contributed by atoms with E-state index in [4.69, 9.17) is 11.6 Å². The van der Waals surface area contributed by atoms with Crippen molar-refractivity contribution in [3.63, 3.8) is 0 Å². The van der Waals surface area contributed by atoms with E-state index >= 15 is 0 Å². The summed E-state index contributed by atoms with van der Waals surface area (Å²) in [6, 6.07) is 11.4. The van der Waals surface area contributed by atoms with Gasteiger partial charge >= 0.3 is 0 Å². The van der Waals surface area contributed by atoms with Crippen LogP contribution < -0.4 is 0 Å². The van der Waals surface area contributed by atoms with Gasteiger partial charge in [-0.3, -0.25) is 4.79 Å². The van der Waals surface area contributed by atoms with E-state index < -0.39 is 0 Å². The van der Waals surface area contributed by atoms with Crippen molar-refractivity contribution in [2.24, 2.45) is 0 Å². The van der Waals surface area contributed by atoms with Crippen molar-refractivity contribution in [2.75, 3.05) is 0 Å². The first kappa shape index (κ1) is 12.8. The second kappa shape index (κ2) is 5.32. The molecule has 0 aliphatic heterocycles. The van der Waals surface area contributed by atoms with Crippen LogP contribution in [-0.4, -0.2) is 5.78 Å². The summed E-state index contributed by atoms with van der Waals surface area (Å²) in [5, 5.41) is 0.550. The van der Waals surface area contributed by atoms with Crippen LogP contribution in [0, 0.1) is 12.7 Å². The molecular formula is C15H12ClFO. The fourth-order valence-electron chi connectivity index (χ4n) is 1.68. The number of aryl methyl sites for hydroxylation is 1. The van der Waals surface area contributed by atoms with Crippen molar-refractivity contribution in [2.45, 2.75) is 13.3 Å². The van der Waals surface area contributed by atoms with Crippen LogP contribution in [0.15, 0.2) is 42.5 Å². The Hall–Kier alpha value is -1.67. The topological polar surface area (TPSA) is 17.1 Å². The number of hydrogen-bond donors (Lipinski definition) is 0. The minimum Gasteiger partial charge on any atom is -0.294 e. The Morgan fingerprint density at radius 3 is 2.61 bits per heavy atom. The van der Waals surface area contributed by atoms with E-state index in [1.54, 1.807) is 36.4 Å². The molecule has 18 heavy (non-hydrogen) atoms. The fourth-order valence-corrected chi connectivity index (χ4v) is 1.86. The number of halogens is 2. The molecule has 0 aromatic heterocycles. The van der Waals surface area contributed by atoms with Crippen molar-refractivity contribution < 1.29 is 9.18 Å². The molecule has 2 aromatic carbocycles. The van der Waals surface area contributed by atoms with Crippen LogP contribution >= 0.6 is 11.6 Å². The van der Waals surface area contributed by atoms with E-state index in [1.165, 1.54) is 6.07 Å². The molecule has 0 heterocycles. The predicted molar refractivity (Wildman–Crippen MR) is 70.6 cm³/mol. The number of benzene rings is 2. The van der Waals surface area contributed by atoms with Crippen LogP contribution in [0.4, 0.5) is 4.39 Å². The summed E-state index contributed by atoms with van der Waals surface area (Å²) in [6.07, 6.45) is 0.0477. The maximum absolute atomic E-state index is 13.4. The van der Waals surface area contributed by atoms with Crippen molar-refractivity contribution in [1.82, 2.24) is 0 Å². The van der Waals surface area contributed by atoms with Crippen LogP contribution in [0.1, 0.15) is 21.5 Å². The highest BCUT2D eigenvalue weighted by atomic mass is 35.5. The monoisotopic (exact) mass is 262 g/mol. The van der Waals surface area contributed by atoms with Gasteiger partial charge in [-0.25, -0.2) is 4.39 Å². The average molecular weight is 263 g/mol. The first-order chi connectivity index (χ1) is 8.58. The van der Waals surface area contributed by atoms with Crippen LogP contribution in [0.3, 0.4) is 0 Å². The van der Waals surface area contributed by atoms with Crippen LogP contribution in [0.2, 0.25) is 5.02 Å². The summed E-state index contributed by atoms with van der Waals surface area (Å²) >= 11 is 5.97. The van der Waals surface area contributed by atoms with Gasteiger partial charge < -0.3 is 0 Å². The molecular weight excluding hydrogens is 251 g/mol. The quantitative estimate of drug-likeness (QED) is 0.757. The molecule has 0 fully saturated rings. The Labute approximate surface area is 110 Å². The molecule has 0 atom stereocenters. The maximum Gasteiger partial charge on any atom is 0.167 e. The highest BCUT2D eigenvalue weighted by Crippen LogP contribution is 2.18. The minimum absolute atomic E-state index is 0.0477. The van der Waals surface area contributed by atoms with Gasteiger partial charge in [0.2, 0.25) is 0 Å². The lowest BCUT2D eigenvalue weighted by Crippen LogP contribution is -2.05. The van der Waals surface area contributed by atoms with Gasteiger partial charge in [0, 0.05) is 17.0 Å². The lowest BCUT2D eigenvalue weighted by atomic mass is 10.0. The maximum atomic E-state index is 13.4. The summed E-state index contributed by atoms with van der Waals surface area (Å²) < 4.78 is 13.4. The standard InChI is InChI=1S/C15H12ClFO/c1-10-6-7-12(8-13(10)16)15(18)9-11-4-2-3-5-14(11)17/h2-8H,9H2,1H3. The normalized spacial score (nSPS) is 10.4. The molecule has 1 nitrogen and oxygen atoms in total. The van der Waals surface area contributed by atoms with Gasteiger partial charge in [-0.05, 0) is 30.2 Å². The van der Waals surface area contributed by atoms with E-state index in [1.807, 2.05) is 6.92 Å². The lowest BCUT2D eigenvalue weighted by Gasteiger charge is -2.04. The number of hydrogen-bond acceptors (Lipinski definition) is 1. The SMILES string of the molecule is Cc1ccc(C(=O)Cc2ccccc2F)cc1Cl. The summed E-state index contributed by atoms with van der Waals surface area (Å²) in [5.74, 6) is -0.494. The first-order valence-electron chi connectivity index (χ1n) is 5.60. The molecule has 0 aliphatic rings. The van der Waals surface area contributed by atoms with Gasteiger partial charge in [-0.2, -0.15) is 0 Å². The smallest absolute Gasteiger partial charge is 0.167 e. The van der Waals surface area contributed by atoms with Gasteiger partial charge in [0.05, 0.1) is 0 Å². The molecule has 0 N–H and O–H groups in total. The molecule has 0 aliphatic carbocycles. The zero-order valence-corrected chi connectivity index (χ0v) is 10.7. The van der Waals surface area contributed by atoms with Gasteiger partial charge in [0.1, 0.15) is 5.82 Å². The van der Waals surface area contributed by atoms with Crippen molar-refractivity contribution in [3.05, 3.63) is 70.0 Å². The number of rotatable bonds is 3. The number of carbonyl (C=O) groups excluding carboxylic acids is 1. The number of Topliss-reactive ketones (excluding diaryl/α,β-unsaturated/α-hetero) is 1. The average Bonchev–Trinajstić information content (AvgIpc) is 2.35. The van der Waals surface area contributed by atoms with Gasteiger partial charge in [-0.1, -0.05) is 41.9 Å². The highest BCUT2D eigenvalue weighted by molar-refractivity contribution is 6.31. The first-order valence-corrected chi connectivity index (χ1v) is 5.98. The van der Waals surface area contributed by atoms with Gasteiger partial charge in [0.25, 0.3) is 0 Å². The second-order valence-electron chi connectivity index (χ2n) is 4.16. The van der Waals surface area contributed by atoms with Gasteiger partial charge in [0.15, 0.2) is 5.78 Å². The molecule has 92 valence electrons.